The molecule has 30 heavy (non-hydrogen) atoms. The first kappa shape index (κ1) is 20.5. The highest BCUT2D eigenvalue weighted by molar-refractivity contribution is 7.17. The van der Waals surface area contributed by atoms with Crippen molar-refractivity contribution in [3.63, 3.8) is 0 Å². The SMILES string of the molecule is NC(=O)c1c(NC(=O)COC(=O)CN2C(=O)[C@H]3CCCC[C@@H]3C2=O)sc2c1CCC2. The highest BCUT2D eigenvalue weighted by Gasteiger charge is 2.48. The largest absolute Gasteiger partial charge is 0.454 e. The lowest BCUT2D eigenvalue weighted by molar-refractivity contribution is -0.154. The van der Waals surface area contributed by atoms with Crippen LogP contribution in [0.3, 0.4) is 0 Å². The number of nitrogens with two attached hydrogens (primary N) is 1. The molecule has 160 valence electrons. The molecule has 0 spiro atoms. The molecule has 0 radical (unpaired) electrons. The molecular formula is C20H23N3O6S. The lowest BCUT2D eigenvalue weighted by Gasteiger charge is -2.19. The van der Waals surface area contributed by atoms with Gasteiger partial charge in [-0.2, -0.15) is 0 Å². The number of amides is 4. The molecular weight excluding hydrogens is 410 g/mol. The number of carbonyl (C=O) groups excluding carboxylic acids is 5. The Balaban J connectivity index is 1.32. The third-order valence-electron chi connectivity index (χ3n) is 6.00. The van der Waals surface area contributed by atoms with Crippen LogP contribution in [0.1, 0.15) is 52.9 Å². The molecule has 10 heteroatoms. The van der Waals surface area contributed by atoms with Crippen LogP contribution in [0.2, 0.25) is 0 Å². The normalized spacial score (nSPS) is 22.6. The number of anilines is 1. The second kappa shape index (κ2) is 8.17. The topological polar surface area (TPSA) is 136 Å². The summed E-state index contributed by atoms with van der Waals surface area (Å²) in [7, 11) is 0. The maximum absolute atomic E-state index is 12.4. The number of imide groups is 1. The second-order valence-corrected chi connectivity index (χ2v) is 9.00. The van der Waals surface area contributed by atoms with Crippen molar-refractivity contribution < 1.29 is 28.7 Å². The number of esters is 1. The first-order chi connectivity index (χ1) is 14.4. The number of primary amides is 1. The van der Waals surface area contributed by atoms with E-state index in [0.717, 1.165) is 47.4 Å². The molecule has 2 aliphatic carbocycles. The average Bonchev–Trinajstić information content (AvgIpc) is 3.35. The van der Waals surface area contributed by atoms with E-state index in [4.69, 9.17) is 10.5 Å². The van der Waals surface area contributed by atoms with E-state index in [2.05, 4.69) is 5.32 Å². The maximum Gasteiger partial charge on any atom is 0.326 e. The Morgan fingerprint density at radius 3 is 2.37 bits per heavy atom. The van der Waals surface area contributed by atoms with Crippen LogP contribution in [-0.4, -0.2) is 47.6 Å². The summed E-state index contributed by atoms with van der Waals surface area (Å²) >= 11 is 1.31. The van der Waals surface area contributed by atoms with Crippen LogP contribution in [0.5, 0.6) is 0 Å². The minimum atomic E-state index is -0.825. The van der Waals surface area contributed by atoms with Crippen LogP contribution in [0.4, 0.5) is 5.00 Å². The summed E-state index contributed by atoms with van der Waals surface area (Å²) in [6.07, 6.45) is 5.66. The molecule has 4 amide bonds. The maximum atomic E-state index is 12.4. The Morgan fingerprint density at radius 2 is 1.73 bits per heavy atom. The third kappa shape index (κ3) is 3.71. The Kier molecular flexibility index (Phi) is 5.59. The smallest absolute Gasteiger partial charge is 0.326 e. The standard InChI is InChI=1S/C20H23N3O6S/c21-17(26)16-12-6-3-7-13(12)30-18(16)22-14(24)9-29-15(25)8-23-19(27)10-4-1-2-5-11(10)20(23)28/h10-11H,1-9H2,(H2,21,26)(H,22,24)/t10-,11-/m0/s1. The molecule has 1 aromatic rings. The van der Waals surface area contributed by atoms with Gasteiger partial charge in [0.15, 0.2) is 6.61 Å². The van der Waals surface area contributed by atoms with E-state index in [-0.39, 0.29) is 23.7 Å². The van der Waals surface area contributed by atoms with Crippen LogP contribution in [-0.2, 0) is 36.8 Å². The van der Waals surface area contributed by atoms with E-state index in [1.807, 2.05) is 0 Å². The Morgan fingerprint density at radius 1 is 1.07 bits per heavy atom. The summed E-state index contributed by atoms with van der Waals surface area (Å²) in [5.74, 6) is -3.37. The minimum Gasteiger partial charge on any atom is -0.454 e. The molecule has 3 aliphatic rings. The van der Waals surface area contributed by atoms with Crippen LogP contribution in [0.25, 0.3) is 0 Å². The highest BCUT2D eigenvalue weighted by Crippen LogP contribution is 2.39. The molecule has 1 saturated heterocycles. The van der Waals surface area contributed by atoms with Gasteiger partial charge in [-0.05, 0) is 37.7 Å². The molecule has 2 fully saturated rings. The van der Waals surface area contributed by atoms with Gasteiger partial charge in [-0.15, -0.1) is 11.3 Å². The number of rotatable bonds is 6. The third-order valence-corrected chi connectivity index (χ3v) is 7.21. The van der Waals surface area contributed by atoms with Crippen LogP contribution < -0.4 is 11.1 Å². The van der Waals surface area contributed by atoms with Gasteiger partial charge in [0.25, 0.3) is 11.8 Å². The van der Waals surface area contributed by atoms with E-state index >= 15 is 0 Å². The molecule has 9 nitrogen and oxygen atoms in total. The first-order valence-corrected chi connectivity index (χ1v) is 10.9. The molecule has 1 aliphatic heterocycles. The van der Waals surface area contributed by atoms with Crippen molar-refractivity contribution in [3.05, 3.63) is 16.0 Å². The van der Waals surface area contributed by atoms with Gasteiger partial charge in [0.05, 0.1) is 17.4 Å². The fraction of sp³-hybridized carbons (Fsp3) is 0.550. The first-order valence-electron chi connectivity index (χ1n) is 10.1. The van der Waals surface area contributed by atoms with Crippen molar-refractivity contribution in [2.45, 2.75) is 44.9 Å². The van der Waals surface area contributed by atoms with Gasteiger partial charge in [-0.1, -0.05) is 12.8 Å². The van der Waals surface area contributed by atoms with Gasteiger partial charge in [0.2, 0.25) is 11.8 Å². The molecule has 0 unspecified atom stereocenters. The van der Waals surface area contributed by atoms with Gasteiger partial charge in [-0.25, -0.2) is 0 Å². The molecule has 0 aromatic carbocycles. The fourth-order valence-corrected chi connectivity index (χ4v) is 5.93. The summed E-state index contributed by atoms with van der Waals surface area (Å²) in [5.41, 5.74) is 6.66. The van der Waals surface area contributed by atoms with E-state index in [1.165, 1.54) is 11.3 Å². The number of thiophene rings is 1. The number of likely N-dealkylation sites (tertiary alicyclic amines) is 1. The van der Waals surface area contributed by atoms with E-state index in [9.17, 15) is 24.0 Å². The Hall–Kier alpha value is -2.75. The average molecular weight is 433 g/mol. The van der Waals surface area contributed by atoms with E-state index in [0.29, 0.717) is 23.4 Å². The van der Waals surface area contributed by atoms with Crippen molar-refractivity contribution in [2.75, 3.05) is 18.5 Å². The molecule has 1 aromatic heterocycles. The number of hydrogen-bond donors (Lipinski definition) is 2. The molecule has 2 atom stereocenters. The zero-order valence-electron chi connectivity index (χ0n) is 16.4. The predicted molar refractivity (Wildman–Crippen MR) is 107 cm³/mol. The lowest BCUT2D eigenvalue weighted by Crippen LogP contribution is -2.37. The summed E-state index contributed by atoms with van der Waals surface area (Å²) in [5, 5.41) is 2.95. The van der Waals surface area contributed by atoms with Gasteiger partial charge in [0, 0.05) is 4.88 Å². The molecule has 3 N–H and O–H groups in total. The van der Waals surface area contributed by atoms with Crippen molar-refractivity contribution in [2.24, 2.45) is 17.6 Å². The summed E-state index contributed by atoms with van der Waals surface area (Å²) in [6.45, 7) is -1.07. The summed E-state index contributed by atoms with van der Waals surface area (Å²) < 4.78 is 4.96. The van der Waals surface area contributed by atoms with Gasteiger partial charge in [-0.3, -0.25) is 28.9 Å². The molecule has 4 rings (SSSR count). The number of fused-ring (bicyclic) bond motifs is 2. The number of carbonyl (C=O) groups is 5. The van der Waals surface area contributed by atoms with E-state index in [1.54, 1.807) is 0 Å². The molecule has 0 bridgehead atoms. The number of aryl methyl sites for hydroxylation is 1. The number of nitrogens with zero attached hydrogens (tertiary/aromatic N) is 1. The zero-order valence-corrected chi connectivity index (χ0v) is 17.2. The number of nitrogens with one attached hydrogen (secondary N) is 1. The Bertz CT molecular complexity index is 915. The monoisotopic (exact) mass is 433 g/mol. The zero-order chi connectivity index (χ0) is 21.4. The van der Waals surface area contributed by atoms with Gasteiger partial charge in [0.1, 0.15) is 11.5 Å². The van der Waals surface area contributed by atoms with Crippen molar-refractivity contribution in [1.29, 1.82) is 0 Å². The number of ether oxygens (including phenoxy) is 1. The predicted octanol–water partition coefficient (Wildman–Crippen LogP) is 0.993. The lowest BCUT2D eigenvalue weighted by atomic mass is 9.81. The van der Waals surface area contributed by atoms with Gasteiger partial charge < -0.3 is 15.8 Å². The van der Waals surface area contributed by atoms with Crippen molar-refractivity contribution in [3.8, 4) is 0 Å². The molecule has 2 heterocycles. The number of hydrogen-bond acceptors (Lipinski definition) is 7. The van der Waals surface area contributed by atoms with Crippen LogP contribution in [0.15, 0.2) is 0 Å². The van der Waals surface area contributed by atoms with Crippen molar-refractivity contribution >= 4 is 45.9 Å². The fourth-order valence-electron chi connectivity index (χ4n) is 4.62. The quantitative estimate of drug-likeness (QED) is 0.507. The highest BCUT2D eigenvalue weighted by atomic mass is 32.1. The summed E-state index contributed by atoms with van der Waals surface area (Å²) in [4.78, 5) is 62.9. The molecule has 1 saturated carbocycles. The van der Waals surface area contributed by atoms with E-state index < -0.39 is 30.9 Å². The minimum absolute atomic E-state index is 0.322. The van der Waals surface area contributed by atoms with Gasteiger partial charge >= 0.3 is 5.97 Å². The summed E-state index contributed by atoms with van der Waals surface area (Å²) in [6, 6.07) is 0. The van der Waals surface area contributed by atoms with Crippen LogP contribution >= 0.6 is 11.3 Å². The van der Waals surface area contributed by atoms with Crippen LogP contribution in [0, 0.1) is 11.8 Å². The second-order valence-electron chi connectivity index (χ2n) is 7.89. The Labute approximate surface area is 176 Å². The van der Waals surface area contributed by atoms with Crippen molar-refractivity contribution in [1.82, 2.24) is 4.90 Å².